The molecule has 1 unspecified atom stereocenters. The number of ketones is 1. The number of benzene rings is 3. The van der Waals surface area contributed by atoms with Gasteiger partial charge in [0, 0.05) is 34.9 Å². The summed E-state index contributed by atoms with van der Waals surface area (Å²) in [5, 5.41) is 6.44. The van der Waals surface area contributed by atoms with Crippen molar-refractivity contribution >= 4 is 17.4 Å². The average Bonchev–Trinajstić information content (AvgIpc) is 2.91. The maximum Gasteiger partial charge on any atom is 0.254 e. The van der Waals surface area contributed by atoms with Crippen molar-refractivity contribution in [1.29, 1.82) is 0 Å². The zero-order valence-corrected chi connectivity index (χ0v) is 22.8. The van der Waals surface area contributed by atoms with E-state index in [9.17, 15) is 9.59 Å². The number of carbonyl (C=O) groups is 2. The number of nitrogens with one attached hydrogen (secondary N) is 2. The first-order valence-corrected chi connectivity index (χ1v) is 13.2. The van der Waals surface area contributed by atoms with Crippen molar-refractivity contribution in [3.05, 3.63) is 113 Å². The largest absolute Gasteiger partial charge is 0.495 e. The van der Waals surface area contributed by atoms with E-state index in [0.29, 0.717) is 35.6 Å². The van der Waals surface area contributed by atoms with Gasteiger partial charge in [-0.05, 0) is 54.2 Å². The van der Waals surface area contributed by atoms with Crippen molar-refractivity contribution in [3.8, 4) is 11.5 Å². The highest BCUT2D eigenvalue weighted by atomic mass is 16.5. The van der Waals surface area contributed by atoms with Gasteiger partial charge in [0.25, 0.3) is 5.91 Å². The second-order valence-electron chi connectivity index (χ2n) is 10.9. The summed E-state index contributed by atoms with van der Waals surface area (Å²) in [7, 11) is 1.57. The van der Waals surface area contributed by atoms with Gasteiger partial charge in [-0.3, -0.25) is 9.59 Å². The molecule has 1 heterocycles. The van der Waals surface area contributed by atoms with Gasteiger partial charge in [0.15, 0.2) is 5.78 Å². The summed E-state index contributed by atoms with van der Waals surface area (Å²) in [4.78, 5) is 27.4. The fourth-order valence-electron chi connectivity index (χ4n) is 5.51. The van der Waals surface area contributed by atoms with Gasteiger partial charge in [-0.2, -0.15) is 0 Å². The van der Waals surface area contributed by atoms with Crippen LogP contribution in [0.2, 0.25) is 0 Å². The lowest BCUT2D eigenvalue weighted by Crippen LogP contribution is -2.39. The Morgan fingerprint density at radius 1 is 0.974 bits per heavy atom. The number of amides is 1. The predicted octanol–water partition coefficient (Wildman–Crippen LogP) is 6.52. The second-order valence-corrected chi connectivity index (χ2v) is 10.9. The Bertz CT molecular complexity index is 1450. The zero-order chi connectivity index (χ0) is 27.6. The van der Waals surface area contributed by atoms with Crippen LogP contribution in [0.15, 0.2) is 101 Å². The lowest BCUT2D eigenvalue weighted by Gasteiger charge is -2.39. The fourth-order valence-corrected chi connectivity index (χ4v) is 5.51. The number of dihydropyridines is 1. The number of para-hydroxylation sites is 2. The van der Waals surface area contributed by atoms with E-state index in [-0.39, 0.29) is 17.1 Å². The molecule has 3 aromatic carbocycles. The quantitative estimate of drug-likeness (QED) is 0.370. The van der Waals surface area contributed by atoms with Crippen molar-refractivity contribution in [1.82, 2.24) is 5.32 Å². The van der Waals surface area contributed by atoms with Gasteiger partial charge in [0.2, 0.25) is 0 Å². The van der Waals surface area contributed by atoms with Crippen LogP contribution < -0.4 is 20.1 Å². The molecule has 0 bridgehead atoms. The fraction of sp³-hybridized carbons (Fsp3) is 0.273. The first kappa shape index (κ1) is 26.3. The summed E-state index contributed by atoms with van der Waals surface area (Å²) >= 11 is 0. The number of carbonyl (C=O) groups excluding carboxylic acids is 2. The van der Waals surface area contributed by atoms with E-state index in [1.54, 1.807) is 19.2 Å². The number of ether oxygens (including phenoxy) is 2. The van der Waals surface area contributed by atoms with Crippen LogP contribution in [0.3, 0.4) is 0 Å². The van der Waals surface area contributed by atoms with Crippen molar-refractivity contribution < 1.29 is 19.1 Å². The van der Waals surface area contributed by atoms with E-state index in [4.69, 9.17) is 9.47 Å². The maximum atomic E-state index is 13.8. The Labute approximate surface area is 229 Å². The minimum absolute atomic E-state index is 0.0678. The highest BCUT2D eigenvalue weighted by Gasteiger charge is 2.42. The molecule has 6 heteroatoms. The Morgan fingerprint density at radius 2 is 1.67 bits per heavy atom. The molecule has 1 amide bonds. The maximum absolute atomic E-state index is 13.8. The van der Waals surface area contributed by atoms with Crippen molar-refractivity contribution in [2.24, 2.45) is 5.41 Å². The van der Waals surface area contributed by atoms with E-state index >= 15 is 0 Å². The first-order chi connectivity index (χ1) is 18.8. The van der Waals surface area contributed by atoms with Crippen molar-refractivity contribution in [2.45, 2.75) is 46.1 Å². The van der Waals surface area contributed by atoms with E-state index in [1.165, 1.54) is 0 Å². The molecule has 1 aliphatic carbocycles. The van der Waals surface area contributed by atoms with Gasteiger partial charge in [-0.25, -0.2) is 0 Å². The van der Waals surface area contributed by atoms with Crippen LogP contribution in [-0.2, 0) is 16.2 Å². The second kappa shape index (κ2) is 10.8. The molecule has 6 nitrogen and oxygen atoms in total. The van der Waals surface area contributed by atoms with E-state index in [0.717, 1.165) is 34.7 Å². The molecule has 200 valence electrons. The number of Topliss-reactive ketones (excluding diaryl/α,β-unsaturated/α-hetero) is 1. The number of allylic oxidation sites excluding steroid dienone is 3. The molecule has 2 N–H and O–H groups in total. The van der Waals surface area contributed by atoms with Gasteiger partial charge in [-0.15, -0.1) is 0 Å². The third-order valence-electron chi connectivity index (χ3n) is 7.30. The number of rotatable bonds is 7. The predicted molar refractivity (Wildman–Crippen MR) is 152 cm³/mol. The number of hydrogen-bond acceptors (Lipinski definition) is 5. The number of hydrogen-bond donors (Lipinski definition) is 2. The zero-order valence-electron chi connectivity index (χ0n) is 22.8. The van der Waals surface area contributed by atoms with Gasteiger partial charge in [0.1, 0.15) is 18.1 Å². The molecule has 0 fully saturated rings. The highest BCUT2D eigenvalue weighted by Crippen LogP contribution is 2.47. The third kappa shape index (κ3) is 5.60. The van der Waals surface area contributed by atoms with E-state index in [1.807, 2.05) is 73.7 Å². The van der Waals surface area contributed by atoms with Crippen LogP contribution in [0.1, 0.15) is 50.7 Å². The first-order valence-electron chi connectivity index (χ1n) is 13.2. The van der Waals surface area contributed by atoms with Crippen LogP contribution in [0.4, 0.5) is 5.69 Å². The number of anilines is 1. The molecule has 0 saturated heterocycles. The molecule has 0 radical (unpaired) electrons. The molecule has 1 atom stereocenters. The average molecular weight is 523 g/mol. The lowest BCUT2D eigenvalue weighted by molar-refractivity contribution is -0.118. The van der Waals surface area contributed by atoms with E-state index < -0.39 is 5.92 Å². The minimum Gasteiger partial charge on any atom is -0.495 e. The van der Waals surface area contributed by atoms with Gasteiger partial charge in [0.05, 0.1) is 12.8 Å². The summed E-state index contributed by atoms with van der Waals surface area (Å²) in [5.41, 5.74) is 5.20. The van der Waals surface area contributed by atoms with Crippen LogP contribution in [-0.4, -0.2) is 18.8 Å². The summed E-state index contributed by atoms with van der Waals surface area (Å²) in [6, 6.07) is 25.0. The van der Waals surface area contributed by atoms with E-state index in [2.05, 4.69) is 24.5 Å². The lowest BCUT2D eigenvalue weighted by atomic mass is 9.68. The van der Waals surface area contributed by atoms with Crippen molar-refractivity contribution in [3.63, 3.8) is 0 Å². The monoisotopic (exact) mass is 522 g/mol. The molecule has 0 saturated carbocycles. The van der Waals surface area contributed by atoms with Crippen LogP contribution >= 0.6 is 0 Å². The summed E-state index contributed by atoms with van der Waals surface area (Å²) < 4.78 is 11.4. The Morgan fingerprint density at radius 3 is 2.38 bits per heavy atom. The molecule has 1 aliphatic heterocycles. The van der Waals surface area contributed by atoms with Gasteiger partial charge >= 0.3 is 0 Å². The third-order valence-corrected chi connectivity index (χ3v) is 7.30. The highest BCUT2D eigenvalue weighted by molar-refractivity contribution is 6.10. The molecule has 5 rings (SSSR count). The molecular weight excluding hydrogens is 488 g/mol. The smallest absolute Gasteiger partial charge is 0.254 e. The van der Waals surface area contributed by atoms with Crippen LogP contribution in [0, 0.1) is 5.41 Å². The topological polar surface area (TPSA) is 76.7 Å². The summed E-state index contributed by atoms with van der Waals surface area (Å²) in [6.07, 6.45) is 1.17. The minimum atomic E-state index is -0.497. The molecule has 39 heavy (non-hydrogen) atoms. The SMILES string of the molecule is COc1ccccc1NC(=O)C1=C(C)NC2=C(C(=O)CC(C)(C)C2)C1c1ccc(OCc2ccccc2)cc1. The normalized spacial score (nSPS) is 18.3. The Hall–Kier alpha value is -4.32. The Kier molecular flexibility index (Phi) is 7.29. The number of methoxy groups -OCH3 is 1. The molecule has 0 aromatic heterocycles. The van der Waals surface area contributed by atoms with Crippen LogP contribution in [0.25, 0.3) is 0 Å². The Balaban J connectivity index is 1.49. The molecular formula is C33H34N2O4. The van der Waals surface area contributed by atoms with Crippen LogP contribution in [0.5, 0.6) is 11.5 Å². The standard InChI is InChI=1S/C33H34N2O4/c1-21-29(32(37)35-25-12-8-9-13-28(25)38-4)30(31-26(34-21)18-33(2,3)19-27(31)36)23-14-16-24(17-15-23)39-20-22-10-6-5-7-11-22/h5-17,30,34H,18-20H2,1-4H3,(H,35,37). The van der Waals surface area contributed by atoms with Gasteiger partial charge < -0.3 is 20.1 Å². The van der Waals surface area contributed by atoms with Crippen molar-refractivity contribution in [2.75, 3.05) is 12.4 Å². The summed E-state index contributed by atoms with van der Waals surface area (Å²) in [6.45, 7) is 6.57. The molecule has 3 aromatic rings. The molecule has 0 spiro atoms. The summed E-state index contributed by atoms with van der Waals surface area (Å²) in [5.74, 6) is 0.589. The van der Waals surface area contributed by atoms with Gasteiger partial charge in [-0.1, -0.05) is 68.4 Å². The molecule has 2 aliphatic rings.